The summed E-state index contributed by atoms with van der Waals surface area (Å²) in [6, 6.07) is 9.52. The Bertz CT molecular complexity index is 864. The lowest BCUT2D eigenvalue weighted by Crippen LogP contribution is -3.13. The van der Waals surface area contributed by atoms with Crippen molar-refractivity contribution in [2.45, 2.75) is 25.4 Å². The topological polar surface area (TPSA) is 55.9 Å². The summed E-state index contributed by atoms with van der Waals surface area (Å²) >= 11 is 3.40. The molecule has 0 saturated carbocycles. The van der Waals surface area contributed by atoms with Crippen LogP contribution in [0.15, 0.2) is 39.6 Å². The van der Waals surface area contributed by atoms with Crippen molar-refractivity contribution < 1.29 is 14.7 Å². The number of methoxy groups -OCH3 is 1. The van der Waals surface area contributed by atoms with Crippen LogP contribution in [-0.4, -0.2) is 29.9 Å². The SMILES string of the molecule is COc1cc(C[NH+]2CC3C[C@@H](Cn4c3cccc4=O)C2)cc(Br)c1O. The number of hydrogen-bond acceptors (Lipinski definition) is 3. The third-order valence-electron chi connectivity index (χ3n) is 5.44. The van der Waals surface area contributed by atoms with Gasteiger partial charge in [-0.3, -0.25) is 4.79 Å². The molecule has 1 aromatic carbocycles. The maximum atomic E-state index is 12.1. The van der Waals surface area contributed by atoms with Gasteiger partial charge < -0.3 is 19.3 Å². The van der Waals surface area contributed by atoms with Gasteiger partial charge in [-0.25, -0.2) is 0 Å². The number of nitrogens with one attached hydrogen (secondary N) is 1. The fraction of sp³-hybridized carbons (Fsp3) is 0.421. The summed E-state index contributed by atoms with van der Waals surface area (Å²) in [5.74, 6) is 1.63. The molecule has 3 atom stereocenters. The number of ether oxygens (including phenoxy) is 1. The first kappa shape index (κ1) is 16.7. The number of rotatable bonds is 3. The summed E-state index contributed by atoms with van der Waals surface area (Å²) in [6.45, 7) is 3.82. The Morgan fingerprint density at radius 2 is 2.20 bits per heavy atom. The molecule has 4 rings (SSSR count). The number of piperidine rings is 1. The number of fused-ring (bicyclic) bond motifs is 4. The zero-order valence-electron chi connectivity index (χ0n) is 14.2. The maximum Gasteiger partial charge on any atom is 0.250 e. The molecule has 0 spiro atoms. The summed E-state index contributed by atoms with van der Waals surface area (Å²) < 4.78 is 7.89. The summed E-state index contributed by atoms with van der Waals surface area (Å²) in [6.07, 6.45) is 1.18. The summed E-state index contributed by atoms with van der Waals surface area (Å²) in [7, 11) is 1.57. The number of likely N-dealkylation sites (tertiary alicyclic amines) is 1. The molecule has 0 aliphatic carbocycles. The van der Waals surface area contributed by atoms with Gasteiger partial charge in [-0.1, -0.05) is 6.07 Å². The van der Waals surface area contributed by atoms with E-state index in [0.717, 1.165) is 31.7 Å². The Morgan fingerprint density at radius 3 is 3.00 bits per heavy atom. The molecule has 1 aromatic heterocycles. The molecular weight excluding hydrogens is 384 g/mol. The minimum absolute atomic E-state index is 0.128. The lowest BCUT2D eigenvalue weighted by molar-refractivity contribution is -0.924. The van der Waals surface area contributed by atoms with Gasteiger partial charge in [0.15, 0.2) is 11.5 Å². The predicted octanol–water partition coefficient (Wildman–Crippen LogP) is 1.53. The molecule has 132 valence electrons. The Hall–Kier alpha value is -1.79. The lowest BCUT2D eigenvalue weighted by Gasteiger charge is -2.40. The Labute approximate surface area is 155 Å². The number of aromatic nitrogens is 1. The van der Waals surface area contributed by atoms with Crippen LogP contribution in [0.3, 0.4) is 0 Å². The largest absolute Gasteiger partial charge is 0.503 e. The number of aromatic hydroxyl groups is 1. The fourth-order valence-corrected chi connectivity index (χ4v) is 4.93. The molecule has 1 saturated heterocycles. The van der Waals surface area contributed by atoms with Crippen LogP contribution in [0.1, 0.15) is 23.6 Å². The van der Waals surface area contributed by atoms with Crippen LogP contribution < -0.4 is 15.2 Å². The number of phenolic OH excluding ortho intramolecular Hbond substituents is 1. The number of phenols is 1. The second-order valence-corrected chi connectivity index (χ2v) is 8.02. The highest BCUT2D eigenvalue weighted by molar-refractivity contribution is 9.10. The Balaban J connectivity index is 1.57. The van der Waals surface area contributed by atoms with E-state index >= 15 is 0 Å². The molecule has 2 N–H and O–H groups in total. The van der Waals surface area contributed by atoms with Crippen molar-refractivity contribution >= 4 is 15.9 Å². The van der Waals surface area contributed by atoms with Crippen LogP contribution in [0.25, 0.3) is 0 Å². The molecule has 2 unspecified atom stereocenters. The van der Waals surface area contributed by atoms with Crippen LogP contribution in [0, 0.1) is 5.92 Å². The van der Waals surface area contributed by atoms with Crippen molar-refractivity contribution in [3.05, 3.63) is 56.4 Å². The third-order valence-corrected chi connectivity index (χ3v) is 6.04. The first-order valence-electron chi connectivity index (χ1n) is 8.64. The average molecular weight is 406 g/mol. The van der Waals surface area contributed by atoms with Crippen molar-refractivity contribution in [1.29, 1.82) is 0 Å². The molecule has 25 heavy (non-hydrogen) atoms. The van der Waals surface area contributed by atoms with Gasteiger partial charge in [-0.05, 0) is 40.5 Å². The second kappa shape index (κ2) is 6.50. The van der Waals surface area contributed by atoms with Crippen molar-refractivity contribution in [2.24, 2.45) is 5.92 Å². The van der Waals surface area contributed by atoms with Gasteiger partial charge in [0.2, 0.25) is 0 Å². The highest BCUT2D eigenvalue weighted by Crippen LogP contribution is 2.35. The van der Waals surface area contributed by atoms with E-state index < -0.39 is 0 Å². The van der Waals surface area contributed by atoms with Crippen LogP contribution >= 0.6 is 15.9 Å². The Kier molecular flexibility index (Phi) is 4.33. The Morgan fingerprint density at radius 1 is 1.36 bits per heavy atom. The normalized spacial score (nSPS) is 24.6. The smallest absolute Gasteiger partial charge is 0.250 e. The number of nitrogens with zero attached hydrogens (tertiary/aromatic N) is 1. The van der Waals surface area contributed by atoms with Gasteiger partial charge in [-0.2, -0.15) is 0 Å². The van der Waals surface area contributed by atoms with Gasteiger partial charge in [0.25, 0.3) is 5.56 Å². The summed E-state index contributed by atoms with van der Waals surface area (Å²) in [4.78, 5) is 13.6. The van der Waals surface area contributed by atoms with Crippen molar-refractivity contribution in [3.63, 3.8) is 0 Å². The van der Waals surface area contributed by atoms with Crippen LogP contribution in [0.4, 0.5) is 0 Å². The maximum absolute atomic E-state index is 12.1. The predicted molar refractivity (Wildman–Crippen MR) is 98.3 cm³/mol. The quantitative estimate of drug-likeness (QED) is 0.813. The third kappa shape index (κ3) is 3.09. The van der Waals surface area contributed by atoms with Crippen molar-refractivity contribution in [2.75, 3.05) is 20.2 Å². The molecule has 2 bridgehead atoms. The number of halogens is 1. The van der Waals surface area contributed by atoms with E-state index in [2.05, 4.69) is 22.0 Å². The van der Waals surface area contributed by atoms with Gasteiger partial charge in [0.1, 0.15) is 6.54 Å². The highest BCUT2D eigenvalue weighted by Gasteiger charge is 2.37. The zero-order chi connectivity index (χ0) is 17.6. The number of quaternary nitrogens is 1. The molecule has 5 nitrogen and oxygen atoms in total. The van der Waals surface area contributed by atoms with E-state index in [1.165, 1.54) is 17.0 Å². The van der Waals surface area contributed by atoms with Gasteiger partial charge in [0, 0.05) is 35.7 Å². The van der Waals surface area contributed by atoms with E-state index in [4.69, 9.17) is 4.74 Å². The monoisotopic (exact) mass is 405 g/mol. The standard InChI is InChI=1S/C19H21BrN2O3/c1-25-17-7-12(6-15(20)19(17)24)8-21-9-13-5-14(11-21)16-3-2-4-18(23)22(16)10-13/h2-4,6-7,13-14,24H,5,8-11H2,1H3/p+1/t13-,14?/m1/s1. The van der Waals surface area contributed by atoms with Crippen LogP contribution in [0.5, 0.6) is 11.5 Å². The molecule has 2 aliphatic rings. The van der Waals surface area contributed by atoms with Gasteiger partial charge >= 0.3 is 0 Å². The van der Waals surface area contributed by atoms with E-state index in [0.29, 0.717) is 22.1 Å². The molecule has 2 aromatic rings. The minimum Gasteiger partial charge on any atom is -0.503 e. The average Bonchev–Trinajstić information content (AvgIpc) is 2.59. The van der Waals surface area contributed by atoms with Crippen LogP contribution in [0.2, 0.25) is 0 Å². The van der Waals surface area contributed by atoms with E-state index in [9.17, 15) is 9.90 Å². The van der Waals surface area contributed by atoms with Crippen molar-refractivity contribution in [3.8, 4) is 11.5 Å². The molecule has 0 amide bonds. The highest BCUT2D eigenvalue weighted by atomic mass is 79.9. The minimum atomic E-state index is 0.128. The van der Waals surface area contributed by atoms with Gasteiger partial charge in [-0.15, -0.1) is 0 Å². The molecule has 1 fully saturated rings. The molecular formula is C19H22BrN2O3+. The lowest BCUT2D eigenvalue weighted by atomic mass is 9.83. The molecule has 3 heterocycles. The second-order valence-electron chi connectivity index (χ2n) is 7.16. The van der Waals surface area contributed by atoms with E-state index in [1.54, 1.807) is 13.2 Å². The van der Waals surface area contributed by atoms with E-state index in [1.807, 2.05) is 22.8 Å². The molecule has 6 heteroatoms. The first-order chi connectivity index (χ1) is 12.0. The number of hydrogen-bond donors (Lipinski definition) is 2. The fourth-order valence-electron chi connectivity index (χ4n) is 4.44. The zero-order valence-corrected chi connectivity index (χ0v) is 15.8. The van der Waals surface area contributed by atoms with E-state index in [-0.39, 0.29) is 11.3 Å². The van der Waals surface area contributed by atoms with Gasteiger partial charge in [0.05, 0.1) is 24.7 Å². The molecule has 0 radical (unpaired) electrons. The first-order valence-corrected chi connectivity index (χ1v) is 9.43. The summed E-state index contributed by atoms with van der Waals surface area (Å²) in [5.41, 5.74) is 2.45. The number of benzene rings is 1. The molecule has 2 aliphatic heterocycles. The van der Waals surface area contributed by atoms with Crippen LogP contribution in [-0.2, 0) is 13.1 Å². The number of pyridine rings is 1. The summed E-state index contributed by atoms with van der Waals surface area (Å²) in [5, 5.41) is 9.98. The van der Waals surface area contributed by atoms with Crippen molar-refractivity contribution in [1.82, 2.24) is 4.57 Å².